The van der Waals surface area contributed by atoms with Crippen LogP contribution in [-0.2, 0) is 4.79 Å². The molecule has 0 saturated heterocycles. The lowest BCUT2D eigenvalue weighted by Gasteiger charge is -2.09. The molecular weight excluding hydrogens is 336 g/mol. The van der Waals surface area contributed by atoms with Crippen LogP contribution in [0.5, 0.6) is 5.75 Å². The van der Waals surface area contributed by atoms with Crippen LogP contribution in [-0.4, -0.2) is 12.5 Å². The van der Waals surface area contributed by atoms with Gasteiger partial charge in [0.05, 0.1) is 0 Å². The van der Waals surface area contributed by atoms with Crippen molar-refractivity contribution >= 4 is 29.3 Å². The molecular formula is C20H15ClN2O2. The lowest BCUT2D eigenvalue weighted by molar-refractivity contribution is -0.112. The van der Waals surface area contributed by atoms with Gasteiger partial charge in [-0.15, -0.1) is 6.42 Å². The second-order valence-corrected chi connectivity index (χ2v) is 5.51. The average Bonchev–Trinajstić information content (AvgIpc) is 2.62. The Hall–Kier alpha value is -3.21. The number of anilines is 1. The van der Waals surface area contributed by atoms with Gasteiger partial charge in [0.2, 0.25) is 0 Å². The number of benzene rings is 2. The predicted octanol–water partition coefficient (Wildman–Crippen LogP) is 4.21. The number of halogens is 1. The second kappa shape index (κ2) is 8.59. The summed E-state index contributed by atoms with van der Waals surface area (Å²) in [4.78, 5) is 12.3. The topological polar surface area (TPSA) is 62.1 Å². The van der Waals surface area contributed by atoms with Crippen molar-refractivity contribution in [1.82, 2.24) is 0 Å². The van der Waals surface area contributed by atoms with Gasteiger partial charge in [-0.05, 0) is 48.4 Å². The van der Waals surface area contributed by atoms with Gasteiger partial charge in [0, 0.05) is 10.7 Å². The highest BCUT2D eigenvalue weighted by Crippen LogP contribution is 2.23. The third kappa shape index (κ3) is 4.88. The van der Waals surface area contributed by atoms with Crippen LogP contribution in [0, 0.1) is 30.6 Å². The summed E-state index contributed by atoms with van der Waals surface area (Å²) in [6.07, 6.45) is 6.63. The first-order chi connectivity index (χ1) is 12.0. The lowest BCUT2D eigenvalue weighted by Crippen LogP contribution is -2.14. The molecule has 0 aromatic heterocycles. The molecule has 2 rings (SSSR count). The fourth-order valence-electron chi connectivity index (χ4n) is 2.03. The van der Waals surface area contributed by atoms with E-state index in [2.05, 4.69) is 11.2 Å². The average molecular weight is 351 g/mol. The Morgan fingerprint density at radius 1 is 1.32 bits per heavy atom. The van der Waals surface area contributed by atoms with Gasteiger partial charge < -0.3 is 10.1 Å². The molecule has 0 fully saturated rings. The van der Waals surface area contributed by atoms with E-state index in [9.17, 15) is 10.1 Å². The highest BCUT2D eigenvalue weighted by molar-refractivity contribution is 6.31. The van der Waals surface area contributed by atoms with Gasteiger partial charge in [-0.1, -0.05) is 35.7 Å². The summed E-state index contributed by atoms with van der Waals surface area (Å²) in [6, 6.07) is 14.0. The maximum absolute atomic E-state index is 12.3. The zero-order chi connectivity index (χ0) is 18.2. The number of rotatable bonds is 5. The van der Waals surface area contributed by atoms with Crippen LogP contribution >= 0.6 is 11.6 Å². The summed E-state index contributed by atoms with van der Waals surface area (Å²) < 4.78 is 5.28. The Morgan fingerprint density at radius 2 is 2.04 bits per heavy atom. The number of carbonyl (C=O) groups is 1. The van der Waals surface area contributed by atoms with Crippen LogP contribution in [0.2, 0.25) is 5.02 Å². The predicted molar refractivity (Wildman–Crippen MR) is 99.2 cm³/mol. The normalized spacial score (nSPS) is 10.5. The van der Waals surface area contributed by atoms with E-state index in [0.29, 0.717) is 22.0 Å². The van der Waals surface area contributed by atoms with Crippen molar-refractivity contribution in [2.24, 2.45) is 0 Å². The van der Waals surface area contributed by atoms with Crippen molar-refractivity contribution < 1.29 is 9.53 Å². The first-order valence-corrected chi connectivity index (χ1v) is 7.77. The first kappa shape index (κ1) is 18.1. The second-order valence-electron chi connectivity index (χ2n) is 5.10. The quantitative estimate of drug-likeness (QED) is 0.499. The van der Waals surface area contributed by atoms with E-state index >= 15 is 0 Å². The van der Waals surface area contributed by atoms with E-state index in [4.69, 9.17) is 22.8 Å². The van der Waals surface area contributed by atoms with Gasteiger partial charge >= 0.3 is 0 Å². The van der Waals surface area contributed by atoms with Crippen LogP contribution in [0.1, 0.15) is 11.1 Å². The minimum atomic E-state index is -0.500. The molecule has 5 heteroatoms. The van der Waals surface area contributed by atoms with Gasteiger partial charge in [0.1, 0.15) is 24.0 Å². The van der Waals surface area contributed by atoms with Crippen LogP contribution in [0.3, 0.4) is 0 Å². The summed E-state index contributed by atoms with van der Waals surface area (Å²) in [6.45, 7) is 1.97. The van der Waals surface area contributed by atoms with Crippen LogP contribution in [0.15, 0.2) is 48.0 Å². The number of nitriles is 1. The van der Waals surface area contributed by atoms with Gasteiger partial charge in [-0.2, -0.15) is 5.26 Å². The standard InChI is InChI=1S/C20H15ClN2O2/c1-3-11-25-17-9-7-15(8-10-17)12-16(13-22)20(24)23-19-6-4-5-18(21)14(19)2/h1,4-10,12H,11H2,2H3,(H,23,24)/b16-12-. The highest BCUT2D eigenvalue weighted by atomic mass is 35.5. The molecule has 0 saturated carbocycles. The fraction of sp³-hybridized carbons (Fsp3) is 0.100. The Morgan fingerprint density at radius 3 is 2.68 bits per heavy atom. The number of terminal acetylenes is 1. The number of nitrogens with zero attached hydrogens (tertiary/aromatic N) is 1. The summed E-state index contributed by atoms with van der Waals surface area (Å²) in [5.41, 5.74) is 1.99. The lowest BCUT2D eigenvalue weighted by atomic mass is 10.1. The highest BCUT2D eigenvalue weighted by Gasteiger charge is 2.11. The summed E-state index contributed by atoms with van der Waals surface area (Å²) in [5.74, 6) is 2.50. The van der Waals surface area contributed by atoms with Gasteiger partial charge in [0.15, 0.2) is 0 Å². The molecule has 2 aromatic carbocycles. The van der Waals surface area contributed by atoms with E-state index in [1.807, 2.05) is 6.07 Å². The summed E-state index contributed by atoms with van der Waals surface area (Å²) in [5, 5.41) is 12.5. The molecule has 0 spiro atoms. The largest absolute Gasteiger partial charge is 0.481 e. The SMILES string of the molecule is C#CCOc1ccc(/C=C(/C#N)C(=O)Nc2cccc(Cl)c2C)cc1. The van der Waals surface area contributed by atoms with E-state index in [1.165, 1.54) is 6.08 Å². The molecule has 0 radical (unpaired) electrons. The van der Waals surface area contributed by atoms with Crippen molar-refractivity contribution in [1.29, 1.82) is 5.26 Å². The minimum absolute atomic E-state index is 0.0170. The van der Waals surface area contributed by atoms with Gasteiger partial charge in [-0.25, -0.2) is 0 Å². The van der Waals surface area contributed by atoms with Crippen molar-refractivity contribution in [3.8, 4) is 24.2 Å². The molecule has 1 N–H and O–H groups in total. The van der Waals surface area contributed by atoms with Crippen molar-refractivity contribution in [2.45, 2.75) is 6.92 Å². The molecule has 0 heterocycles. The zero-order valence-electron chi connectivity index (χ0n) is 13.5. The molecule has 0 aliphatic heterocycles. The van der Waals surface area contributed by atoms with E-state index in [1.54, 1.807) is 49.4 Å². The van der Waals surface area contributed by atoms with Crippen LogP contribution in [0.25, 0.3) is 6.08 Å². The Labute approximate surface area is 151 Å². The van der Waals surface area contributed by atoms with Crippen molar-refractivity contribution in [2.75, 3.05) is 11.9 Å². The third-order valence-corrected chi connectivity index (χ3v) is 3.80. The molecule has 124 valence electrons. The molecule has 0 atom stereocenters. The Balaban J connectivity index is 2.16. The molecule has 0 bridgehead atoms. The number of hydrogen-bond acceptors (Lipinski definition) is 3. The summed E-state index contributed by atoms with van der Waals surface area (Å²) >= 11 is 6.04. The van der Waals surface area contributed by atoms with Gasteiger partial charge in [-0.3, -0.25) is 4.79 Å². The maximum Gasteiger partial charge on any atom is 0.266 e. The molecule has 0 aliphatic rings. The van der Waals surface area contributed by atoms with Crippen LogP contribution in [0.4, 0.5) is 5.69 Å². The monoisotopic (exact) mass is 350 g/mol. The number of carbonyl (C=O) groups excluding carboxylic acids is 1. The Bertz CT molecular complexity index is 887. The van der Waals surface area contributed by atoms with Crippen LogP contribution < -0.4 is 10.1 Å². The number of hydrogen-bond donors (Lipinski definition) is 1. The van der Waals surface area contributed by atoms with E-state index < -0.39 is 5.91 Å². The van der Waals surface area contributed by atoms with Crippen molar-refractivity contribution in [3.05, 3.63) is 64.2 Å². The summed E-state index contributed by atoms with van der Waals surface area (Å²) in [7, 11) is 0. The van der Waals surface area contributed by atoms with E-state index in [0.717, 1.165) is 5.56 Å². The maximum atomic E-state index is 12.3. The molecule has 4 nitrogen and oxygen atoms in total. The van der Waals surface area contributed by atoms with E-state index in [-0.39, 0.29) is 12.2 Å². The number of amides is 1. The molecule has 1 amide bonds. The molecule has 25 heavy (non-hydrogen) atoms. The molecule has 0 unspecified atom stereocenters. The first-order valence-electron chi connectivity index (χ1n) is 7.39. The Kier molecular flexibility index (Phi) is 6.23. The third-order valence-electron chi connectivity index (χ3n) is 3.39. The fourth-order valence-corrected chi connectivity index (χ4v) is 2.21. The van der Waals surface area contributed by atoms with Crippen molar-refractivity contribution in [3.63, 3.8) is 0 Å². The minimum Gasteiger partial charge on any atom is -0.481 e. The van der Waals surface area contributed by atoms with Gasteiger partial charge in [0.25, 0.3) is 5.91 Å². The zero-order valence-corrected chi connectivity index (χ0v) is 14.3. The molecule has 0 aliphatic carbocycles. The molecule has 2 aromatic rings. The number of ether oxygens (including phenoxy) is 1. The smallest absolute Gasteiger partial charge is 0.266 e. The number of nitrogens with one attached hydrogen (secondary N) is 1.